The van der Waals surface area contributed by atoms with E-state index in [-0.39, 0.29) is 11.8 Å². The molecule has 0 saturated heterocycles. The van der Waals surface area contributed by atoms with Crippen LogP contribution in [0.2, 0.25) is 0 Å². The normalized spacial score (nSPS) is 11.6. The summed E-state index contributed by atoms with van der Waals surface area (Å²) in [5.74, 6) is -5.63. The van der Waals surface area contributed by atoms with Gasteiger partial charge < -0.3 is 20.4 Å². The first-order valence-corrected chi connectivity index (χ1v) is 6.77. The van der Waals surface area contributed by atoms with Gasteiger partial charge in [0.2, 0.25) is 0 Å². The van der Waals surface area contributed by atoms with E-state index in [0.717, 1.165) is 0 Å². The van der Waals surface area contributed by atoms with Crippen LogP contribution in [0.15, 0.2) is 48.6 Å². The molecule has 2 rings (SSSR count). The third kappa shape index (κ3) is 10.2. The van der Waals surface area contributed by atoms with E-state index >= 15 is 0 Å². The number of rotatable bonds is 4. The van der Waals surface area contributed by atoms with E-state index in [9.17, 15) is 28.8 Å². The van der Waals surface area contributed by atoms with Gasteiger partial charge in [-0.25, -0.2) is 19.2 Å². The Labute approximate surface area is 150 Å². The summed E-state index contributed by atoms with van der Waals surface area (Å²) in [7, 11) is 0. The molecule has 0 saturated carbocycles. The number of carbonyl (C=O) groups excluding carboxylic acids is 2. The number of carbonyl (C=O) groups is 6. The van der Waals surface area contributed by atoms with Crippen molar-refractivity contribution in [3.8, 4) is 0 Å². The number of carboxylic acids is 4. The van der Waals surface area contributed by atoms with Crippen molar-refractivity contribution in [1.29, 1.82) is 0 Å². The fourth-order valence-electron chi connectivity index (χ4n) is 1.40. The highest BCUT2D eigenvalue weighted by Crippen LogP contribution is 2.13. The van der Waals surface area contributed by atoms with Gasteiger partial charge in [0.25, 0.3) is 11.8 Å². The molecule has 0 atom stereocenters. The summed E-state index contributed by atoms with van der Waals surface area (Å²) in [6, 6.07) is 6.74. The Bertz CT molecular complexity index is 723. The van der Waals surface area contributed by atoms with Crippen molar-refractivity contribution in [2.75, 3.05) is 0 Å². The lowest BCUT2D eigenvalue weighted by Crippen LogP contribution is -2.19. The standard InChI is InChI=1S/C8H5NO2.2C4H4O4/c10-7-5-3-1-2-4-6(5)8(11)9-7;2*5-3(6)1-2-4(7)8/h1-4H,(H,9,10,11);2*1-2H,(H,5,6)(H,7,8)/b;2*2-1-. The van der Waals surface area contributed by atoms with Crippen LogP contribution >= 0.6 is 0 Å². The Kier molecular flexibility index (Phi) is 9.51. The van der Waals surface area contributed by atoms with Crippen LogP contribution in [0, 0.1) is 0 Å². The number of imide groups is 1. The van der Waals surface area contributed by atoms with Crippen molar-refractivity contribution >= 4 is 35.7 Å². The summed E-state index contributed by atoms with van der Waals surface area (Å²) in [6.45, 7) is 0. The molecule has 11 nitrogen and oxygen atoms in total. The molecular weight excluding hydrogens is 366 g/mol. The minimum atomic E-state index is -1.26. The molecule has 1 heterocycles. The van der Waals surface area contributed by atoms with Crippen molar-refractivity contribution in [2.45, 2.75) is 0 Å². The Morgan fingerprint density at radius 3 is 1.11 bits per heavy atom. The summed E-state index contributed by atoms with van der Waals surface area (Å²) in [6.07, 6.45) is 2.23. The Morgan fingerprint density at radius 1 is 0.630 bits per heavy atom. The van der Waals surface area contributed by atoms with Gasteiger partial charge in [0.05, 0.1) is 11.1 Å². The van der Waals surface area contributed by atoms with Crippen LogP contribution in [-0.4, -0.2) is 56.1 Å². The molecule has 2 amide bonds. The number of hydrogen-bond acceptors (Lipinski definition) is 6. The number of hydrogen-bond donors (Lipinski definition) is 5. The third-order valence-electron chi connectivity index (χ3n) is 2.38. The third-order valence-corrected chi connectivity index (χ3v) is 2.38. The second-order valence-corrected chi connectivity index (χ2v) is 4.35. The molecule has 1 aliphatic rings. The van der Waals surface area contributed by atoms with Gasteiger partial charge in [0.15, 0.2) is 0 Å². The zero-order valence-corrected chi connectivity index (χ0v) is 13.4. The van der Waals surface area contributed by atoms with Crippen LogP contribution in [0.3, 0.4) is 0 Å². The van der Waals surface area contributed by atoms with Crippen LogP contribution < -0.4 is 5.32 Å². The predicted molar refractivity (Wildman–Crippen MR) is 87.1 cm³/mol. The molecule has 1 aromatic rings. The topological polar surface area (TPSA) is 195 Å². The van der Waals surface area contributed by atoms with Crippen molar-refractivity contribution in [3.63, 3.8) is 0 Å². The van der Waals surface area contributed by atoms with Crippen LogP contribution in [0.25, 0.3) is 0 Å². The molecule has 27 heavy (non-hydrogen) atoms. The molecule has 0 aromatic heterocycles. The lowest BCUT2D eigenvalue weighted by molar-refractivity contribution is -0.134. The number of amides is 2. The number of nitrogens with one attached hydrogen (secondary N) is 1. The van der Waals surface area contributed by atoms with Gasteiger partial charge in [0.1, 0.15) is 0 Å². The zero-order valence-electron chi connectivity index (χ0n) is 13.4. The molecule has 142 valence electrons. The summed E-state index contributed by atoms with van der Waals surface area (Å²) in [4.78, 5) is 60.1. The Balaban J connectivity index is 0.000000387. The van der Waals surface area contributed by atoms with E-state index in [1.165, 1.54) is 0 Å². The maximum absolute atomic E-state index is 10.9. The fourth-order valence-corrected chi connectivity index (χ4v) is 1.40. The van der Waals surface area contributed by atoms with Crippen molar-refractivity contribution < 1.29 is 49.2 Å². The molecule has 5 N–H and O–H groups in total. The van der Waals surface area contributed by atoms with E-state index < -0.39 is 23.9 Å². The van der Waals surface area contributed by atoms with Crippen LogP contribution in [0.1, 0.15) is 20.7 Å². The highest BCUT2D eigenvalue weighted by atomic mass is 16.4. The average Bonchev–Trinajstić information content (AvgIpc) is 2.87. The molecule has 0 spiro atoms. The van der Waals surface area contributed by atoms with Gasteiger partial charge in [-0.3, -0.25) is 14.9 Å². The SMILES string of the molecule is O=C(O)/C=C\C(=O)O.O=C(O)/C=C\C(=O)O.O=C1NC(=O)c2ccccc21. The molecular formula is C16H13NO10. The number of fused-ring (bicyclic) bond motifs is 1. The molecule has 0 radical (unpaired) electrons. The van der Waals surface area contributed by atoms with Gasteiger partial charge in [0, 0.05) is 24.3 Å². The van der Waals surface area contributed by atoms with Gasteiger partial charge in [-0.1, -0.05) is 12.1 Å². The fraction of sp³-hybridized carbons (Fsp3) is 0. The lowest BCUT2D eigenvalue weighted by Gasteiger charge is -1.88. The van der Waals surface area contributed by atoms with Gasteiger partial charge in [-0.2, -0.15) is 0 Å². The van der Waals surface area contributed by atoms with Gasteiger partial charge in [-0.15, -0.1) is 0 Å². The van der Waals surface area contributed by atoms with Crippen molar-refractivity contribution in [1.82, 2.24) is 5.32 Å². The second-order valence-electron chi connectivity index (χ2n) is 4.35. The van der Waals surface area contributed by atoms with E-state index in [4.69, 9.17) is 20.4 Å². The van der Waals surface area contributed by atoms with Crippen LogP contribution in [0.5, 0.6) is 0 Å². The van der Waals surface area contributed by atoms with Crippen molar-refractivity contribution in [2.24, 2.45) is 0 Å². The average molecular weight is 379 g/mol. The quantitative estimate of drug-likeness (QED) is 0.350. The lowest BCUT2D eigenvalue weighted by atomic mass is 10.1. The molecule has 0 bridgehead atoms. The van der Waals surface area contributed by atoms with Gasteiger partial charge >= 0.3 is 23.9 Å². The smallest absolute Gasteiger partial charge is 0.328 e. The first kappa shape index (κ1) is 22.7. The van der Waals surface area contributed by atoms with E-state index in [2.05, 4.69) is 5.32 Å². The number of benzene rings is 1. The number of aliphatic carboxylic acids is 4. The Morgan fingerprint density at radius 2 is 0.889 bits per heavy atom. The summed E-state index contributed by atoms with van der Waals surface area (Å²) >= 11 is 0. The summed E-state index contributed by atoms with van der Waals surface area (Å²) in [5.41, 5.74) is 0.940. The maximum Gasteiger partial charge on any atom is 0.328 e. The summed E-state index contributed by atoms with van der Waals surface area (Å²) in [5, 5.41) is 33.5. The van der Waals surface area contributed by atoms with Crippen LogP contribution in [0.4, 0.5) is 0 Å². The highest BCUT2D eigenvalue weighted by Gasteiger charge is 2.25. The first-order valence-electron chi connectivity index (χ1n) is 6.77. The molecule has 0 unspecified atom stereocenters. The monoisotopic (exact) mass is 379 g/mol. The van der Waals surface area contributed by atoms with E-state index in [1.807, 2.05) is 0 Å². The molecule has 1 aromatic carbocycles. The van der Waals surface area contributed by atoms with Crippen molar-refractivity contribution in [3.05, 3.63) is 59.7 Å². The largest absolute Gasteiger partial charge is 0.478 e. The summed E-state index contributed by atoms with van der Waals surface area (Å²) < 4.78 is 0. The number of carboxylic acid groups (broad SMARTS) is 4. The molecule has 1 aliphatic heterocycles. The highest BCUT2D eigenvalue weighted by molar-refractivity contribution is 6.21. The maximum atomic E-state index is 10.9. The van der Waals surface area contributed by atoms with Crippen LogP contribution in [-0.2, 0) is 19.2 Å². The zero-order chi connectivity index (χ0) is 21.0. The predicted octanol–water partition coefficient (Wildman–Crippen LogP) is -0.00620. The van der Waals surface area contributed by atoms with Gasteiger partial charge in [-0.05, 0) is 12.1 Å². The minimum absolute atomic E-state index is 0.300. The van der Waals surface area contributed by atoms with E-state index in [1.54, 1.807) is 24.3 Å². The molecule has 0 aliphatic carbocycles. The second kappa shape index (κ2) is 11.3. The van der Waals surface area contributed by atoms with E-state index in [0.29, 0.717) is 35.4 Å². The molecule has 0 fully saturated rings. The first-order chi connectivity index (χ1) is 12.5. The minimum Gasteiger partial charge on any atom is -0.478 e. The molecule has 11 heteroatoms. The Hall–Kier alpha value is -4.28.